The standard InChI is InChI=1S/C18H27ClN2O2/c1-12(9-13-7-5-6-8-16(13)19)20-14-10-15(11-14)21-17(22)23-18(2,3)4/h5-8,12,14-15,20H,9-11H2,1-4H3,(H,21,22). The molecule has 0 aliphatic heterocycles. The van der Waals surface area contributed by atoms with Crippen molar-refractivity contribution in [1.29, 1.82) is 0 Å². The molecule has 1 unspecified atom stereocenters. The predicted octanol–water partition coefficient (Wildman–Crippen LogP) is 3.92. The van der Waals surface area contributed by atoms with Crippen LogP contribution in [0.5, 0.6) is 0 Å². The molecule has 2 N–H and O–H groups in total. The lowest BCUT2D eigenvalue weighted by Crippen LogP contribution is -2.55. The fourth-order valence-electron chi connectivity index (χ4n) is 2.80. The van der Waals surface area contributed by atoms with E-state index in [0.29, 0.717) is 12.1 Å². The maximum absolute atomic E-state index is 11.7. The van der Waals surface area contributed by atoms with E-state index in [1.165, 1.54) is 0 Å². The average molecular weight is 339 g/mol. The summed E-state index contributed by atoms with van der Waals surface area (Å²) in [7, 11) is 0. The first-order chi connectivity index (χ1) is 10.7. The number of nitrogens with one attached hydrogen (secondary N) is 2. The van der Waals surface area contributed by atoms with Crippen LogP contribution in [0.4, 0.5) is 4.79 Å². The van der Waals surface area contributed by atoms with Crippen molar-refractivity contribution in [2.45, 2.75) is 70.7 Å². The zero-order valence-corrected chi connectivity index (χ0v) is 15.1. The Morgan fingerprint density at radius 1 is 1.30 bits per heavy atom. The van der Waals surface area contributed by atoms with Crippen LogP contribution < -0.4 is 10.6 Å². The predicted molar refractivity (Wildman–Crippen MR) is 93.9 cm³/mol. The molecular formula is C18H27ClN2O2. The SMILES string of the molecule is CC(Cc1ccccc1Cl)NC1CC(NC(=O)OC(C)(C)C)C1. The molecule has 1 amide bonds. The molecule has 0 radical (unpaired) electrons. The highest BCUT2D eigenvalue weighted by atomic mass is 35.5. The van der Waals surface area contributed by atoms with Crippen LogP contribution in [0.3, 0.4) is 0 Å². The third-order valence-corrected chi connectivity index (χ3v) is 4.23. The van der Waals surface area contributed by atoms with Crippen molar-refractivity contribution in [3.05, 3.63) is 34.9 Å². The molecule has 1 aromatic carbocycles. The topological polar surface area (TPSA) is 50.4 Å². The van der Waals surface area contributed by atoms with Gasteiger partial charge in [0, 0.05) is 23.1 Å². The molecule has 23 heavy (non-hydrogen) atoms. The van der Waals surface area contributed by atoms with Crippen molar-refractivity contribution in [1.82, 2.24) is 10.6 Å². The molecule has 128 valence electrons. The first-order valence-corrected chi connectivity index (χ1v) is 8.59. The van der Waals surface area contributed by atoms with Crippen molar-refractivity contribution in [3.8, 4) is 0 Å². The second-order valence-electron chi connectivity index (χ2n) is 7.37. The van der Waals surface area contributed by atoms with E-state index in [1.807, 2.05) is 39.0 Å². The van der Waals surface area contributed by atoms with Gasteiger partial charge in [0.25, 0.3) is 0 Å². The first kappa shape index (κ1) is 18.1. The van der Waals surface area contributed by atoms with Crippen LogP contribution in [-0.4, -0.2) is 29.8 Å². The van der Waals surface area contributed by atoms with E-state index in [0.717, 1.165) is 29.8 Å². The molecule has 1 atom stereocenters. The molecule has 0 aromatic heterocycles. The van der Waals surface area contributed by atoms with Crippen molar-refractivity contribution in [2.75, 3.05) is 0 Å². The molecule has 2 rings (SSSR count). The van der Waals surface area contributed by atoms with Crippen LogP contribution in [0.25, 0.3) is 0 Å². The summed E-state index contributed by atoms with van der Waals surface area (Å²) >= 11 is 6.20. The van der Waals surface area contributed by atoms with Crippen LogP contribution in [-0.2, 0) is 11.2 Å². The molecule has 0 bridgehead atoms. The minimum atomic E-state index is -0.449. The fourth-order valence-corrected chi connectivity index (χ4v) is 3.01. The molecule has 4 nitrogen and oxygen atoms in total. The molecule has 1 aliphatic rings. The molecular weight excluding hydrogens is 312 g/mol. The second kappa shape index (κ2) is 7.54. The highest BCUT2D eigenvalue weighted by molar-refractivity contribution is 6.31. The van der Waals surface area contributed by atoms with Gasteiger partial charge in [-0.05, 0) is 58.6 Å². The largest absolute Gasteiger partial charge is 0.444 e. The number of hydrogen-bond donors (Lipinski definition) is 2. The minimum absolute atomic E-state index is 0.204. The van der Waals surface area contributed by atoms with Crippen molar-refractivity contribution < 1.29 is 9.53 Å². The highest BCUT2D eigenvalue weighted by Crippen LogP contribution is 2.22. The van der Waals surface area contributed by atoms with Gasteiger partial charge in [0.05, 0.1) is 0 Å². The Hall–Kier alpha value is -1.26. The van der Waals surface area contributed by atoms with E-state index in [4.69, 9.17) is 16.3 Å². The smallest absolute Gasteiger partial charge is 0.407 e. The van der Waals surface area contributed by atoms with Crippen molar-refractivity contribution in [2.24, 2.45) is 0 Å². The van der Waals surface area contributed by atoms with Crippen molar-refractivity contribution in [3.63, 3.8) is 0 Å². The lowest BCUT2D eigenvalue weighted by atomic mass is 9.86. The monoisotopic (exact) mass is 338 g/mol. The number of hydrogen-bond acceptors (Lipinski definition) is 3. The summed E-state index contributed by atoms with van der Waals surface area (Å²) in [6.07, 6.45) is 2.45. The third-order valence-electron chi connectivity index (χ3n) is 3.86. The summed E-state index contributed by atoms with van der Waals surface area (Å²) in [5.74, 6) is 0. The van der Waals surface area contributed by atoms with Gasteiger partial charge in [0.2, 0.25) is 0 Å². The molecule has 1 aromatic rings. The van der Waals surface area contributed by atoms with Crippen LogP contribution in [0, 0.1) is 0 Å². The molecule has 0 spiro atoms. The van der Waals surface area contributed by atoms with E-state index in [9.17, 15) is 4.79 Å². The number of halogens is 1. The maximum Gasteiger partial charge on any atom is 0.407 e. The van der Waals surface area contributed by atoms with Crippen LogP contribution in [0.2, 0.25) is 5.02 Å². The molecule has 5 heteroatoms. The van der Waals surface area contributed by atoms with Crippen LogP contribution in [0.1, 0.15) is 46.1 Å². The van der Waals surface area contributed by atoms with Gasteiger partial charge in [-0.2, -0.15) is 0 Å². The third kappa shape index (κ3) is 6.04. The quantitative estimate of drug-likeness (QED) is 0.855. The zero-order chi connectivity index (χ0) is 17.0. The summed E-state index contributed by atoms with van der Waals surface area (Å²) in [6.45, 7) is 7.77. The Morgan fingerprint density at radius 2 is 1.96 bits per heavy atom. The van der Waals surface area contributed by atoms with Gasteiger partial charge < -0.3 is 15.4 Å². The average Bonchev–Trinajstić information content (AvgIpc) is 2.36. The van der Waals surface area contributed by atoms with E-state index >= 15 is 0 Å². The zero-order valence-electron chi connectivity index (χ0n) is 14.4. The Morgan fingerprint density at radius 3 is 2.57 bits per heavy atom. The van der Waals surface area contributed by atoms with Gasteiger partial charge in [0.1, 0.15) is 5.60 Å². The molecule has 1 fully saturated rings. The number of ether oxygens (including phenoxy) is 1. The molecule has 1 aliphatic carbocycles. The lowest BCUT2D eigenvalue weighted by Gasteiger charge is -2.38. The number of alkyl carbamates (subject to hydrolysis) is 1. The van der Waals surface area contributed by atoms with Gasteiger partial charge >= 0.3 is 6.09 Å². The van der Waals surface area contributed by atoms with Gasteiger partial charge in [0.15, 0.2) is 0 Å². The van der Waals surface area contributed by atoms with Gasteiger partial charge in [-0.15, -0.1) is 0 Å². The molecule has 0 heterocycles. The summed E-state index contributed by atoms with van der Waals surface area (Å²) in [6, 6.07) is 8.94. The molecule has 1 saturated carbocycles. The number of benzene rings is 1. The summed E-state index contributed by atoms with van der Waals surface area (Å²) < 4.78 is 5.27. The van der Waals surface area contributed by atoms with E-state index < -0.39 is 5.60 Å². The van der Waals surface area contributed by atoms with E-state index in [2.05, 4.69) is 23.6 Å². The Kier molecular flexibility index (Phi) is 5.93. The number of carbonyl (C=O) groups excluding carboxylic acids is 1. The Labute approximate surface area is 143 Å². The van der Waals surface area contributed by atoms with Gasteiger partial charge in [-0.3, -0.25) is 0 Å². The number of amides is 1. The van der Waals surface area contributed by atoms with Crippen molar-refractivity contribution >= 4 is 17.7 Å². The number of rotatable bonds is 5. The summed E-state index contributed by atoms with van der Waals surface area (Å²) in [4.78, 5) is 11.7. The number of carbonyl (C=O) groups is 1. The van der Waals surface area contributed by atoms with Gasteiger partial charge in [-0.25, -0.2) is 4.79 Å². The Bertz CT molecular complexity index is 536. The van der Waals surface area contributed by atoms with E-state index in [-0.39, 0.29) is 12.1 Å². The first-order valence-electron chi connectivity index (χ1n) is 8.22. The summed E-state index contributed by atoms with van der Waals surface area (Å²) in [5.41, 5.74) is 0.714. The second-order valence-corrected chi connectivity index (χ2v) is 7.78. The maximum atomic E-state index is 11.7. The Balaban J connectivity index is 1.68. The van der Waals surface area contributed by atoms with E-state index in [1.54, 1.807) is 0 Å². The highest BCUT2D eigenvalue weighted by Gasteiger charge is 2.32. The fraction of sp³-hybridized carbons (Fsp3) is 0.611. The summed E-state index contributed by atoms with van der Waals surface area (Å²) in [5, 5.41) is 7.32. The minimum Gasteiger partial charge on any atom is -0.444 e. The normalized spacial score (nSPS) is 22.1. The lowest BCUT2D eigenvalue weighted by molar-refractivity contribution is 0.0463. The van der Waals surface area contributed by atoms with Gasteiger partial charge in [-0.1, -0.05) is 29.8 Å². The molecule has 0 saturated heterocycles. The van der Waals surface area contributed by atoms with Crippen LogP contribution in [0.15, 0.2) is 24.3 Å². The van der Waals surface area contributed by atoms with Crippen LogP contribution >= 0.6 is 11.6 Å².